The number of anilines is 1. The summed E-state index contributed by atoms with van der Waals surface area (Å²) in [5.74, 6) is -1.18. The maximum absolute atomic E-state index is 12.8. The molecule has 2 aromatic heterocycles. The van der Waals surface area contributed by atoms with Gasteiger partial charge in [0, 0.05) is 18.8 Å². The molecule has 0 saturated carbocycles. The van der Waals surface area contributed by atoms with E-state index in [4.69, 9.17) is 0 Å². The number of ketones is 1. The molecule has 0 radical (unpaired) electrons. The Hall–Kier alpha value is -3.48. The van der Waals surface area contributed by atoms with Crippen LogP contribution in [0.2, 0.25) is 0 Å². The number of nitrogens with zero attached hydrogens (tertiary/aromatic N) is 3. The van der Waals surface area contributed by atoms with Crippen LogP contribution in [-0.4, -0.2) is 31.7 Å². The molecule has 1 unspecified atom stereocenters. The van der Waals surface area contributed by atoms with Crippen LogP contribution < -0.4 is 4.90 Å². The smallest absolute Gasteiger partial charge is 0.296 e. The molecule has 1 aromatic carbocycles. The van der Waals surface area contributed by atoms with Gasteiger partial charge in [0.25, 0.3) is 5.91 Å². The highest BCUT2D eigenvalue weighted by Gasteiger charge is 2.45. The van der Waals surface area contributed by atoms with Crippen molar-refractivity contribution in [2.75, 3.05) is 4.90 Å². The van der Waals surface area contributed by atoms with E-state index in [1.807, 2.05) is 24.3 Å². The molecule has 1 aliphatic rings. The van der Waals surface area contributed by atoms with Crippen molar-refractivity contribution in [1.82, 2.24) is 15.0 Å². The van der Waals surface area contributed by atoms with E-state index in [2.05, 4.69) is 15.0 Å². The quantitative estimate of drug-likeness (QED) is 0.755. The number of carbonyl (C=O) groups is 2. The first kappa shape index (κ1) is 16.0. The summed E-state index contributed by atoms with van der Waals surface area (Å²) in [4.78, 5) is 38.1. The van der Waals surface area contributed by atoms with E-state index in [1.54, 1.807) is 31.5 Å². The minimum atomic E-state index is -0.751. The maximum Gasteiger partial charge on any atom is 0.296 e. The SMILES string of the molecule is CCC(=O)C1=C(O)C(=O)N(c2nc3ccccc3[nH]2)C1c1ccncc1. The van der Waals surface area contributed by atoms with Crippen molar-refractivity contribution in [3.8, 4) is 0 Å². The van der Waals surface area contributed by atoms with E-state index in [1.165, 1.54) is 4.90 Å². The fourth-order valence-corrected chi connectivity index (χ4v) is 3.21. The van der Waals surface area contributed by atoms with Crippen LogP contribution in [0.1, 0.15) is 24.9 Å². The molecule has 4 rings (SSSR count). The first-order chi connectivity index (χ1) is 12.6. The number of hydrogen-bond donors (Lipinski definition) is 2. The van der Waals surface area contributed by atoms with Gasteiger partial charge in [0.2, 0.25) is 5.95 Å². The van der Waals surface area contributed by atoms with Gasteiger partial charge in [-0.3, -0.25) is 19.5 Å². The van der Waals surface area contributed by atoms with Gasteiger partial charge < -0.3 is 10.1 Å². The summed E-state index contributed by atoms with van der Waals surface area (Å²) in [7, 11) is 0. The molecule has 7 heteroatoms. The molecule has 1 atom stereocenters. The van der Waals surface area contributed by atoms with Crippen molar-refractivity contribution in [2.45, 2.75) is 19.4 Å². The molecule has 2 N–H and O–H groups in total. The van der Waals surface area contributed by atoms with Crippen LogP contribution in [0, 0.1) is 0 Å². The van der Waals surface area contributed by atoms with Gasteiger partial charge in [-0.2, -0.15) is 0 Å². The number of aliphatic hydroxyl groups excluding tert-OH is 1. The van der Waals surface area contributed by atoms with Crippen molar-refractivity contribution in [2.24, 2.45) is 0 Å². The second kappa shape index (κ2) is 6.11. The zero-order valence-electron chi connectivity index (χ0n) is 14.0. The van der Waals surface area contributed by atoms with Crippen LogP contribution in [0.15, 0.2) is 60.1 Å². The Kier molecular flexibility index (Phi) is 3.76. The molecule has 0 aliphatic carbocycles. The largest absolute Gasteiger partial charge is 0.503 e. The van der Waals surface area contributed by atoms with E-state index in [9.17, 15) is 14.7 Å². The monoisotopic (exact) mass is 348 g/mol. The summed E-state index contributed by atoms with van der Waals surface area (Å²) < 4.78 is 0. The summed E-state index contributed by atoms with van der Waals surface area (Å²) in [6, 6.07) is 10.1. The van der Waals surface area contributed by atoms with E-state index in [0.717, 1.165) is 5.52 Å². The van der Waals surface area contributed by atoms with Gasteiger partial charge in [-0.05, 0) is 29.8 Å². The minimum Gasteiger partial charge on any atom is -0.503 e. The van der Waals surface area contributed by atoms with Crippen LogP contribution in [0.5, 0.6) is 0 Å². The molecule has 0 saturated heterocycles. The highest BCUT2D eigenvalue weighted by atomic mass is 16.3. The van der Waals surface area contributed by atoms with Gasteiger partial charge in [-0.15, -0.1) is 0 Å². The molecule has 0 fully saturated rings. The zero-order chi connectivity index (χ0) is 18.3. The normalized spacial score (nSPS) is 17.3. The molecule has 3 aromatic rings. The second-order valence-electron chi connectivity index (χ2n) is 5.97. The third kappa shape index (κ3) is 2.36. The number of nitrogens with one attached hydrogen (secondary N) is 1. The van der Waals surface area contributed by atoms with Crippen molar-refractivity contribution in [3.63, 3.8) is 0 Å². The molecule has 1 aliphatic heterocycles. The number of carbonyl (C=O) groups excluding carboxylic acids is 2. The topological polar surface area (TPSA) is 99.2 Å². The number of pyridine rings is 1. The Morgan fingerprint density at radius 3 is 2.65 bits per heavy atom. The Balaban J connectivity index is 1.90. The van der Waals surface area contributed by atoms with E-state index in [-0.39, 0.29) is 23.7 Å². The lowest BCUT2D eigenvalue weighted by Crippen LogP contribution is -2.31. The summed E-state index contributed by atoms with van der Waals surface area (Å²) in [5.41, 5.74) is 2.22. The molecule has 3 heterocycles. The van der Waals surface area contributed by atoms with Gasteiger partial charge in [0.15, 0.2) is 11.5 Å². The van der Waals surface area contributed by atoms with Crippen molar-refractivity contribution in [1.29, 1.82) is 0 Å². The molecule has 0 bridgehead atoms. The summed E-state index contributed by atoms with van der Waals surface area (Å²) in [6.07, 6.45) is 3.35. The predicted molar refractivity (Wildman–Crippen MR) is 95.5 cm³/mol. The van der Waals surface area contributed by atoms with Gasteiger partial charge in [-0.25, -0.2) is 4.98 Å². The number of para-hydroxylation sites is 2. The third-order valence-electron chi connectivity index (χ3n) is 4.46. The summed E-state index contributed by atoms with van der Waals surface area (Å²) in [6.45, 7) is 1.69. The molecular formula is C19H16N4O3. The highest BCUT2D eigenvalue weighted by Crippen LogP contribution is 2.40. The standard InChI is InChI=1S/C19H16N4O3/c1-2-14(24)15-16(11-7-9-20-10-8-11)23(18(26)17(15)25)19-21-12-5-3-4-6-13(12)22-19/h3-10,16,25H,2H2,1H3,(H,21,22). The third-order valence-corrected chi connectivity index (χ3v) is 4.46. The second-order valence-corrected chi connectivity index (χ2v) is 5.97. The van der Waals surface area contributed by atoms with Crippen LogP contribution in [0.25, 0.3) is 11.0 Å². The average molecular weight is 348 g/mol. The number of aliphatic hydroxyl groups is 1. The minimum absolute atomic E-state index is 0.0872. The molecule has 130 valence electrons. The number of rotatable bonds is 4. The van der Waals surface area contributed by atoms with Crippen LogP contribution in [-0.2, 0) is 9.59 Å². The maximum atomic E-state index is 12.8. The number of imidazole rings is 1. The first-order valence-corrected chi connectivity index (χ1v) is 8.26. The van der Waals surface area contributed by atoms with E-state index in [0.29, 0.717) is 11.1 Å². The molecule has 0 spiro atoms. The Morgan fingerprint density at radius 2 is 1.96 bits per heavy atom. The van der Waals surface area contributed by atoms with Crippen LogP contribution >= 0.6 is 0 Å². The number of hydrogen-bond acceptors (Lipinski definition) is 5. The van der Waals surface area contributed by atoms with Gasteiger partial charge in [-0.1, -0.05) is 19.1 Å². The number of benzene rings is 1. The zero-order valence-corrected chi connectivity index (χ0v) is 14.0. The number of H-pyrrole nitrogens is 1. The van der Waals surface area contributed by atoms with Crippen LogP contribution in [0.3, 0.4) is 0 Å². The van der Waals surface area contributed by atoms with Crippen LogP contribution in [0.4, 0.5) is 5.95 Å². The molecule has 7 nitrogen and oxygen atoms in total. The van der Waals surface area contributed by atoms with Crippen molar-refractivity contribution < 1.29 is 14.7 Å². The Morgan fingerprint density at radius 1 is 1.23 bits per heavy atom. The molecule has 26 heavy (non-hydrogen) atoms. The van der Waals surface area contributed by atoms with E-state index >= 15 is 0 Å². The average Bonchev–Trinajstić information content (AvgIpc) is 3.21. The number of aromatic nitrogens is 3. The Bertz CT molecular complexity index is 1010. The molecule has 1 amide bonds. The first-order valence-electron chi connectivity index (χ1n) is 8.26. The number of Topliss-reactive ketones (excluding diaryl/α,β-unsaturated/α-hetero) is 1. The van der Waals surface area contributed by atoms with Gasteiger partial charge >= 0.3 is 0 Å². The highest BCUT2D eigenvalue weighted by molar-refractivity contribution is 6.16. The lowest BCUT2D eigenvalue weighted by Gasteiger charge is -2.24. The number of amides is 1. The van der Waals surface area contributed by atoms with E-state index < -0.39 is 17.7 Å². The van der Waals surface area contributed by atoms with Gasteiger partial charge in [0.05, 0.1) is 22.6 Å². The van der Waals surface area contributed by atoms with Gasteiger partial charge in [0.1, 0.15) is 0 Å². The fraction of sp³-hybridized carbons (Fsp3) is 0.158. The summed E-state index contributed by atoms with van der Waals surface area (Å²) >= 11 is 0. The lowest BCUT2D eigenvalue weighted by molar-refractivity contribution is -0.118. The predicted octanol–water partition coefficient (Wildman–Crippen LogP) is 2.84. The summed E-state index contributed by atoms with van der Waals surface area (Å²) in [5, 5.41) is 10.4. The van der Waals surface area contributed by atoms with Crippen molar-refractivity contribution in [3.05, 3.63) is 65.7 Å². The fourth-order valence-electron chi connectivity index (χ4n) is 3.21. The van der Waals surface area contributed by atoms with Crippen molar-refractivity contribution >= 4 is 28.7 Å². The Labute approximate surface area is 149 Å². The lowest BCUT2D eigenvalue weighted by atomic mass is 9.96. The number of aromatic amines is 1. The number of fused-ring (bicyclic) bond motifs is 1. The molecular weight excluding hydrogens is 332 g/mol.